The second-order valence-corrected chi connectivity index (χ2v) is 14.3. The van der Waals surface area contributed by atoms with Crippen molar-refractivity contribution in [1.82, 2.24) is 15.0 Å². The summed E-state index contributed by atoms with van der Waals surface area (Å²) in [6.07, 6.45) is 4.05. The number of carboxylic acids is 1. The lowest BCUT2D eigenvalue weighted by Crippen LogP contribution is -2.16. The Bertz CT molecular complexity index is 2380. The van der Waals surface area contributed by atoms with E-state index in [-0.39, 0.29) is 11.7 Å². The summed E-state index contributed by atoms with van der Waals surface area (Å²) in [5, 5.41) is 16.8. The second-order valence-electron chi connectivity index (χ2n) is 14.3. The minimum Gasteiger partial charge on any atom is -0.475 e. The molecule has 0 aliphatic carbocycles. The molecule has 3 aromatic heterocycles. The summed E-state index contributed by atoms with van der Waals surface area (Å²) < 4.78 is 9.45. The van der Waals surface area contributed by atoms with Gasteiger partial charge in [0.25, 0.3) is 5.91 Å². The summed E-state index contributed by atoms with van der Waals surface area (Å²) in [6.45, 7) is 11.7. The fourth-order valence-electron chi connectivity index (χ4n) is 4.73. The van der Waals surface area contributed by atoms with E-state index in [1.54, 1.807) is 48.8 Å². The van der Waals surface area contributed by atoms with Crippen LogP contribution in [-0.4, -0.2) is 51.2 Å². The summed E-state index contributed by atoms with van der Waals surface area (Å²) >= 11 is 0. The first-order valence-electron chi connectivity index (χ1n) is 19.5. The number of nitrogen functional groups attached to an aromatic ring is 4. The molecule has 326 valence electrons. The number of hydrogen-bond acceptors (Lipinski definition) is 12. The van der Waals surface area contributed by atoms with Crippen LogP contribution in [0.3, 0.4) is 0 Å². The lowest BCUT2D eigenvalue weighted by molar-refractivity contribution is 0.0662. The highest BCUT2D eigenvalue weighted by Gasteiger charge is 2.09. The number of pyridine rings is 1. The van der Waals surface area contributed by atoms with Crippen LogP contribution in [0.15, 0.2) is 138 Å². The number of hydrogen-bond donors (Lipinski definition) is 9. The van der Waals surface area contributed by atoms with Crippen molar-refractivity contribution in [3.8, 4) is 0 Å². The van der Waals surface area contributed by atoms with Crippen molar-refractivity contribution in [1.29, 1.82) is 0 Å². The number of carboxylic acid groups (broad SMARTS) is 1. The molecule has 0 unspecified atom stereocenters. The van der Waals surface area contributed by atoms with Gasteiger partial charge in [-0.25, -0.2) is 19.6 Å². The third kappa shape index (κ3) is 18.7. The minimum absolute atomic E-state index is 0.0231. The minimum atomic E-state index is -1.03. The monoisotopic (exact) mass is 844 g/mol. The number of imidazole rings is 1. The highest BCUT2D eigenvalue weighted by molar-refractivity contribution is 6.04. The van der Waals surface area contributed by atoms with Gasteiger partial charge in [0.1, 0.15) is 5.82 Å². The van der Waals surface area contributed by atoms with E-state index in [0.717, 1.165) is 40.2 Å². The number of nitrogens with one attached hydrogen (secondary N) is 4. The highest BCUT2D eigenvalue weighted by Crippen LogP contribution is 2.14. The normalized spacial score (nSPS) is 9.98. The quantitative estimate of drug-likeness (QED) is 0.0614. The van der Waals surface area contributed by atoms with Gasteiger partial charge in [-0.15, -0.1) is 0 Å². The zero-order valence-corrected chi connectivity index (χ0v) is 35.5. The highest BCUT2D eigenvalue weighted by atomic mass is 16.5. The summed E-state index contributed by atoms with van der Waals surface area (Å²) in [4.78, 5) is 44.2. The molecule has 0 saturated heterocycles. The third-order valence-corrected chi connectivity index (χ3v) is 7.92. The van der Waals surface area contributed by atoms with Gasteiger partial charge < -0.3 is 52.8 Å². The maximum atomic E-state index is 11.9. The van der Waals surface area contributed by atoms with E-state index in [1.807, 2.05) is 81.4 Å². The zero-order valence-electron chi connectivity index (χ0n) is 35.5. The van der Waals surface area contributed by atoms with E-state index in [4.69, 9.17) is 32.8 Å². The van der Waals surface area contributed by atoms with Gasteiger partial charge in [-0.3, -0.25) is 10.1 Å². The van der Waals surface area contributed by atoms with Crippen molar-refractivity contribution in [3.05, 3.63) is 151 Å². The Kier molecular flexibility index (Phi) is 19.9. The topological polar surface area (TPSA) is 276 Å². The Hall–Kier alpha value is -8.01. The van der Waals surface area contributed by atoms with Crippen LogP contribution in [0.2, 0.25) is 0 Å². The number of aromatic carboxylic acids is 1. The number of anilines is 7. The largest absolute Gasteiger partial charge is 0.475 e. The number of ether oxygens (including phenoxy) is 1. The maximum absolute atomic E-state index is 11.9. The average molecular weight is 845 g/mol. The molecule has 0 aliphatic heterocycles. The fraction of sp³-hybridized carbons (Fsp3) is 0.196. The summed E-state index contributed by atoms with van der Waals surface area (Å²) in [5.41, 5.74) is 30.3. The van der Waals surface area contributed by atoms with Gasteiger partial charge in [0, 0.05) is 40.5 Å². The van der Waals surface area contributed by atoms with E-state index in [2.05, 4.69) is 49.2 Å². The maximum Gasteiger partial charge on any atom is 0.411 e. The molecule has 2 amide bonds. The Morgan fingerprint density at radius 2 is 1.35 bits per heavy atom. The van der Waals surface area contributed by atoms with Crippen LogP contribution in [-0.2, 0) is 4.74 Å². The Balaban J connectivity index is 0.000000211. The number of furan rings is 1. The number of aryl methyl sites for hydroxylation is 1. The Morgan fingerprint density at radius 3 is 1.90 bits per heavy atom. The first-order valence-corrected chi connectivity index (χ1v) is 19.5. The number of nitrogens with zero attached hydrogens (tertiary/aromatic N) is 2. The van der Waals surface area contributed by atoms with Gasteiger partial charge in [0.05, 0.1) is 42.1 Å². The van der Waals surface area contributed by atoms with Gasteiger partial charge in [0.15, 0.2) is 0 Å². The number of aromatic nitrogens is 3. The van der Waals surface area contributed by atoms with E-state index in [0.29, 0.717) is 46.9 Å². The molecule has 7 aromatic rings. The second kappa shape index (κ2) is 25.5. The van der Waals surface area contributed by atoms with Crippen LogP contribution < -0.4 is 38.9 Å². The van der Waals surface area contributed by atoms with Crippen LogP contribution in [0.1, 0.15) is 54.2 Å². The number of H-pyrrole nitrogens is 1. The van der Waals surface area contributed by atoms with Crippen LogP contribution >= 0.6 is 0 Å². The van der Waals surface area contributed by atoms with Crippen LogP contribution in [0.4, 0.5) is 44.7 Å². The van der Waals surface area contributed by atoms with E-state index in [9.17, 15) is 14.4 Å². The van der Waals surface area contributed by atoms with Crippen molar-refractivity contribution in [2.45, 2.75) is 34.6 Å². The molecule has 0 bridgehead atoms. The standard InChI is InChI=1S/C13H13N3O.C11H16N2O2.C10H16N2.C7H7N3.C5H4O3/c1-9-4-2-3-5-11(9)13(17)16-12-7-6-10(14)8-15-12;1-8(2)7-15-11(14)13-10-5-3-9(12)4-6-10;1-8(2)7-12-10-5-3-9(11)4-6-10;8-5-1-2-6-7(3-5)10-4-9-6;6-5(7)4-2-1-3-8-4/h2-8H,14H2,1H3,(H,15,16,17);3-6,8H,7,12H2,1-2H3,(H,13,14);3-6,8,12H,7,11H2,1-2H3;1-4H,8H2,(H,9,10);1-3H,(H,6,7). The third-order valence-electron chi connectivity index (χ3n) is 7.92. The molecule has 16 heteroatoms. The number of fused-ring (bicyclic) bond motifs is 1. The molecule has 7 rings (SSSR count). The number of carbonyl (C=O) groups excluding carboxylic acids is 2. The first kappa shape index (κ1) is 48.4. The van der Waals surface area contributed by atoms with Crippen LogP contribution in [0.25, 0.3) is 11.0 Å². The predicted molar refractivity (Wildman–Crippen MR) is 249 cm³/mol. The molecule has 13 N–H and O–H groups in total. The van der Waals surface area contributed by atoms with E-state index < -0.39 is 12.1 Å². The van der Waals surface area contributed by atoms with Gasteiger partial charge in [0.2, 0.25) is 5.76 Å². The Labute approximate surface area is 361 Å². The molecule has 0 saturated carbocycles. The molecule has 0 atom stereocenters. The van der Waals surface area contributed by atoms with E-state index in [1.165, 1.54) is 24.6 Å². The van der Waals surface area contributed by atoms with Gasteiger partial charge in [-0.1, -0.05) is 45.9 Å². The number of aromatic amines is 1. The number of rotatable bonds is 9. The molecule has 0 aliphatic rings. The molecule has 3 heterocycles. The van der Waals surface area contributed by atoms with Crippen LogP contribution in [0, 0.1) is 18.8 Å². The first-order chi connectivity index (χ1) is 29.6. The molecule has 16 nitrogen and oxygen atoms in total. The number of amides is 2. The van der Waals surface area contributed by atoms with Crippen molar-refractivity contribution in [3.63, 3.8) is 0 Å². The number of nitrogens with two attached hydrogens (primary N) is 4. The van der Waals surface area contributed by atoms with Crippen molar-refractivity contribution >= 4 is 68.9 Å². The van der Waals surface area contributed by atoms with Gasteiger partial charge >= 0.3 is 12.1 Å². The predicted octanol–water partition coefficient (Wildman–Crippen LogP) is 9.16. The molecule has 4 aromatic carbocycles. The summed E-state index contributed by atoms with van der Waals surface area (Å²) in [5.74, 6) is 0.276. The molecular formula is C46H56N10O6. The average Bonchev–Trinajstić information content (AvgIpc) is 3.96. The summed E-state index contributed by atoms with van der Waals surface area (Å²) in [7, 11) is 0. The van der Waals surface area contributed by atoms with Gasteiger partial charge in [-0.2, -0.15) is 0 Å². The molecular weight excluding hydrogens is 789 g/mol. The molecule has 0 fully saturated rings. The Morgan fingerprint density at radius 1 is 0.726 bits per heavy atom. The van der Waals surface area contributed by atoms with Crippen molar-refractivity contribution in [2.24, 2.45) is 11.8 Å². The van der Waals surface area contributed by atoms with E-state index >= 15 is 0 Å². The zero-order chi connectivity index (χ0) is 45.4. The van der Waals surface area contributed by atoms with Crippen LogP contribution in [0.5, 0.6) is 0 Å². The summed E-state index contributed by atoms with van der Waals surface area (Å²) in [6, 6.07) is 34.0. The SMILES string of the molecule is CC(C)CNc1ccc(N)cc1.CC(C)COC(=O)Nc1ccc(N)cc1.Cc1ccccc1C(=O)Nc1ccc(N)cn1.Nc1ccc2nc[nH]c2c1.O=C(O)c1ccco1. The molecule has 62 heavy (non-hydrogen) atoms. The van der Waals surface area contributed by atoms with Crippen molar-refractivity contribution in [2.75, 3.05) is 52.0 Å². The van der Waals surface area contributed by atoms with Crippen molar-refractivity contribution < 1.29 is 28.6 Å². The fourth-order valence-corrected chi connectivity index (χ4v) is 4.73. The number of carbonyl (C=O) groups is 3. The lowest BCUT2D eigenvalue weighted by Gasteiger charge is -2.08. The number of benzene rings is 4. The smallest absolute Gasteiger partial charge is 0.411 e. The molecule has 0 radical (unpaired) electrons. The molecule has 0 spiro atoms. The lowest BCUT2D eigenvalue weighted by atomic mass is 10.1. The van der Waals surface area contributed by atoms with Gasteiger partial charge in [-0.05, 0) is 121 Å².